The molecule has 2 aromatic carbocycles. The Morgan fingerprint density at radius 2 is 1.62 bits per heavy atom. The third-order valence-corrected chi connectivity index (χ3v) is 3.51. The molecule has 0 atom stereocenters. The van der Waals surface area contributed by atoms with Gasteiger partial charge in [-0.25, -0.2) is 0 Å². The number of para-hydroxylation sites is 1. The highest BCUT2D eigenvalue weighted by Crippen LogP contribution is 2.21. The maximum absolute atomic E-state index is 11.8. The number of nitrogens with one attached hydrogen (secondary N) is 2. The van der Waals surface area contributed by atoms with Crippen LogP contribution in [-0.2, 0) is 4.79 Å². The Kier molecular flexibility index (Phi) is 5.51. The highest BCUT2D eigenvalue weighted by molar-refractivity contribution is 9.10. The molecule has 2 aromatic rings. The van der Waals surface area contributed by atoms with Gasteiger partial charge in [-0.1, -0.05) is 30.3 Å². The molecule has 2 rings (SSSR count). The Bertz CT molecular complexity index is 629. The number of anilines is 1. The molecule has 0 saturated carbocycles. The van der Waals surface area contributed by atoms with Crippen LogP contribution in [0.1, 0.15) is 16.8 Å². The normalized spacial score (nSPS) is 9.95. The van der Waals surface area contributed by atoms with Crippen LogP contribution in [0.3, 0.4) is 0 Å². The average molecular weight is 347 g/mol. The summed E-state index contributed by atoms with van der Waals surface area (Å²) in [6, 6.07) is 16.3. The van der Waals surface area contributed by atoms with Gasteiger partial charge in [0.05, 0.1) is 5.69 Å². The summed E-state index contributed by atoms with van der Waals surface area (Å²) in [5.74, 6) is -0.320. The minimum Gasteiger partial charge on any atom is -0.352 e. The summed E-state index contributed by atoms with van der Waals surface area (Å²) >= 11 is 3.36. The van der Waals surface area contributed by atoms with E-state index >= 15 is 0 Å². The van der Waals surface area contributed by atoms with Crippen LogP contribution < -0.4 is 10.6 Å². The van der Waals surface area contributed by atoms with Gasteiger partial charge in [-0.3, -0.25) is 9.59 Å². The topological polar surface area (TPSA) is 58.2 Å². The lowest BCUT2D eigenvalue weighted by atomic mass is 10.2. The van der Waals surface area contributed by atoms with Gasteiger partial charge in [0, 0.05) is 23.0 Å². The molecule has 0 heterocycles. The highest BCUT2D eigenvalue weighted by atomic mass is 79.9. The maximum Gasteiger partial charge on any atom is 0.251 e. The van der Waals surface area contributed by atoms with Crippen LogP contribution in [0.15, 0.2) is 59.1 Å². The van der Waals surface area contributed by atoms with Crippen molar-refractivity contribution in [2.24, 2.45) is 0 Å². The van der Waals surface area contributed by atoms with E-state index in [1.165, 1.54) is 0 Å². The number of halogens is 1. The number of rotatable bonds is 5. The first-order valence-corrected chi connectivity index (χ1v) is 7.34. The Labute approximate surface area is 131 Å². The van der Waals surface area contributed by atoms with Crippen LogP contribution in [-0.4, -0.2) is 18.4 Å². The van der Waals surface area contributed by atoms with Gasteiger partial charge in [-0.15, -0.1) is 0 Å². The minimum absolute atomic E-state index is 0.143. The van der Waals surface area contributed by atoms with E-state index in [0.717, 1.165) is 10.2 Å². The summed E-state index contributed by atoms with van der Waals surface area (Å²) in [7, 11) is 0. The van der Waals surface area contributed by atoms with Crippen molar-refractivity contribution in [1.82, 2.24) is 5.32 Å². The van der Waals surface area contributed by atoms with Crippen LogP contribution in [0, 0.1) is 0 Å². The number of benzene rings is 2. The molecule has 0 spiro atoms. The smallest absolute Gasteiger partial charge is 0.251 e. The van der Waals surface area contributed by atoms with Crippen molar-refractivity contribution < 1.29 is 9.59 Å². The Hall–Kier alpha value is -2.14. The molecule has 2 amide bonds. The van der Waals surface area contributed by atoms with E-state index in [0.29, 0.717) is 12.1 Å². The van der Waals surface area contributed by atoms with Gasteiger partial charge in [0.15, 0.2) is 0 Å². The second-order valence-corrected chi connectivity index (χ2v) is 5.25. The standard InChI is InChI=1S/C16H15BrN2O2/c17-13-8-4-5-9-14(13)19-15(20)10-11-18-16(21)12-6-2-1-3-7-12/h1-9H,10-11H2,(H,18,21)(H,19,20). The van der Waals surface area contributed by atoms with Crippen LogP contribution in [0.5, 0.6) is 0 Å². The number of hydrogen-bond donors (Lipinski definition) is 2. The summed E-state index contributed by atoms with van der Waals surface area (Å²) in [5.41, 5.74) is 1.31. The molecular formula is C16H15BrN2O2. The minimum atomic E-state index is -0.177. The molecule has 0 aliphatic heterocycles. The maximum atomic E-state index is 11.8. The van der Waals surface area contributed by atoms with Crippen LogP contribution in [0.25, 0.3) is 0 Å². The Balaban J connectivity index is 1.77. The lowest BCUT2D eigenvalue weighted by molar-refractivity contribution is -0.116. The van der Waals surface area contributed by atoms with Gasteiger partial charge in [0.25, 0.3) is 5.91 Å². The molecule has 5 heteroatoms. The largest absolute Gasteiger partial charge is 0.352 e. The molecule has 0 aromatic heterocycles. The lowest BCUT2D eigenvalue weighted by Crippen LogP contribution is -2.27. The molecule has 0 unspecified atom stereocenters. The van der Waals surface area contributed by atoms with Gasteiger partial charge in [0.1, 0.15) is 0 Å². The van der Waals surface area contributed by atoms with Crippen molar-refractivity contribution in [3.63, 3.8) is 0 Å². The molecule has 4 nitrogen and oxygen atoms in total. The zero-order valence-corrected chi connectivity index (χ0v) is 12.9. The molecule has 0 bridgehead atoms. The third kappa shape index (κ3) is 4.72. The van der Waals surface area contributed by atoms with Crippen molar-refractivity contribution in [1.29, 1.82) is 0 Å². The fourth-order valence-corrected chi connectivity index (χ4v) is 2.14. The third-order valence-electron chi connectivity index (χ3n) is 2.82. The van der Waals surface area contributed by atoms with Gasteiger partial charge < -0.3 is 10.6 Å². The van der Waals surface area contributed by atoms with E-state index in [1.807, 2.05) is 30.3 Å². The zero-order chi connectivity index (χ0) is 15.1. The summed E-state index contributed by atoms with van der Waals surface area (Å²) in [6.07, 6.45) is 0.222. The molecule has 2 N–H and O–H groups in total. The van der Waals surface area contributed by atoms with Crippen LogP contribution in [0.4, 0.5) is 5.69 Å². The van der Waals surface area contributed by atoms with Crippen molar-refractivity contribution in [2.75, 3.05) is 11.9 Å². The molecule has 0 aliphatic carbocycles. The average Bonchev–Trinajstić information content (AvgIpc) is 2.50. The van der Waals surface area contributed by atoms with Crippen LogP contribution >= 0.6 is 15.9 Å². The van der Waals surface area contributed by atoms with Crippen molar-refractivity contribution >= 4 is 33.4 Å². The van der Waals surface area contributed by atoms with Gasteiger partial charge >= 0.3 is 0 Å². The van der Waals surface area contributed by atoms with E-state index in [2.05, 4.69) is 26.6 Å². The molecule has 0 saturated heterocycles. The van der Waals surface area contributed by atoms with E-state index in [-0.39, 0.29) is 18.2 Å². The first-order valence-electron chi connectivity index (χ1n) is 6.54. The highest BCUT2D eigenvalue weighted by Gasteiger charge is 2.07. The van der Waals surface area contributed by atoms with E-state index in [1.54, 1.807) is 24.3 Å². The molecular weight excluding hydrogens is 332 g/mol. The number of hydrogen-bond acceptors (Lipinski definition) is 2. The lowest BCUT2D eigenvalue weighted by Gasteiger charge is -2.08. The fourth-order valence-electron chi connectivity index (χ4n) is 1.76. The molecule has 0 fully saturated rings. The van der Waals surface area contributed by atoms with Crippen LogP contribution in [0.2, 0.25) is 0 Å². The van der Waals surface area contributed by atoms with Gasteiger partial charge in [-0.2, -0.15) is 0 Å². The van der Waals surface area contributed by atoms with E-state index in [4.69, 9.17) is 0 Å². The second-order valence-electron chi connectivity index (χ2n) is 4.40. The fraction of sp³-hybridized carbons (Fsp3) is 0.125. The molecule has 0 aliphatic rings. The number of carbonyl (C=O) groups excluding carboxylic acids is 2. The second kappa shape index (κ2) is 7.59. The predicted molar refractivity (Wildman–Crippen MR) is 86.2 cm³/mol. The SMILES string of the molecule is O=C(CCNC(=O)c1ccccc1)Nc1ccccc1Br. The molecule has 0 radical (unpaired) electrons. The first-order chi connectivity index (χ1) is 10.2. The monoisotopic (exact) mass is 346 g/mol. The summed E-state index contributed by atoms with van der Waals surface area (Å²) in [4.78, 5) is 23.6. The summed E-state index contributed by atoms with van der Waals surface area (Å²) in [6.45, 7) is 0.296. The molecule has 108 valence electrons. The predicted octanol–water partition coefficient (Wildman–Crippen LogP) is 3.21. The van der Waals surface area contributed by atoms with Gasteiger partial charge in [-0.05, 0) is 40.2 Å². The quantitative estimate of drug-likeness (QED) is 0.873. The Morgan fingerprint density at radius 3 is 2.33 bits per heavy atom. The number of amides is 2. The first kappa shape index (κ1) is 15.3. The van der Waals surface area contributed by atoms with E-state index in [9.17, 15) is 9.59 Å². The summed E-state index contributed by atoms with van der Waals surface area (Å²) in [5, 5.41) is 5.51. The molecule has 21 heavy (non-hydrogen) atoms. The zero-order valence-electron chi connectivity index (χ0n) is 11.3. The van der Waals surface area contributed by atoms with Crippen molar-refractivity contribution in [3.05, 3.63) is 64.6 Å². The number of carbonyl (C=O) groups is 2. The Morgan fingerprint density at radius 1 is 0.952 bits per heavy atom. The summed E-state index contributed by atoms with van der Waals surface area (Å²) < 4.78 is 0.826. The van der Waals surface area contributed by atoms with Gasteiger partial charge in [0.2, 0.25) is 5.91 Å². The van der Waals surface area contributed by atoms with E-state index < -0.39 is 0 Å². The van der Waals surface area contributed by atoms with Crippen molar-refractivity contribution in [3.8, 4) is 0 Å². The van der Waals surface area contributed by atoms with Crippen molar-refractivity contribution in [2.45, 2.75) is 6.42 Å².